The van der Waals surface area contributed by atoms with Crippen molar-refractivity contribution in [1.29, 1.82) is 0 Å². The van der Waals surface area contributed by atoms with Crippen LogP contribution in [0.4, 0.5) is 5.69 Å². The fourth-order valence-electron chi connectivity index (χ4n) is 1.62. The van der Waals surface area contributed by atoms with E-state index in [-0.39, 0.29) is 0 Å². The third-order valence-corrected chi connectivity index (χ3v) is 2.69. The Labute approximate surface area is 106 Å². The summed E-state index contributed by atoms with van der Waals surface area (Å²) in [5, 5.41) is 0. The summed E-state index contributed by atoms with van der Waals surface area (Å²) in [6.45, 7) is 2.44. The Morgan fingerprint density at radius 1 is 1.28 bits per heavy atom. The molecule has 0 saturated heterocycles. The second-order valence-corrected chi connectivity index (χ2v) is 3.96. The summed E-state index contributed by atoms with van der Waals surface area (Å²) in [6.07, 6.45) is 1.76. The smallest absolute Gasteiger partial charge is 0.142 e. The first kappa shape index (κ1) is 12.2. The van der Waals surface area contributed by atoms with Crippen LogP contribution in [0.5, 0.6) is 11.5 Å². The Balaban J connectivity index is 2.07. The van der Waals surface area contributed by atoms with Crippen molar-refractivity contribution in [2.24, 2.45) is 0 Å². The van der Waals surface area contributed by atoms with Gasteiger partial charge in [0.2, 0.25) is 0 Å². The van der Waals surface area contributed by atoms with E-state index in [9.17, 15) is 0 Å². The summed E-state index contributed by atoms with van der Waals surface area (Å²) in [5.41, 5.74) is 8.41. The molecule has 94 valence electrons. The van der Waals surface area contributed by atoms with Gasteiger partial charge in [0.1, 0.15) is 18.1 Å². The summed E-state index contributed by atoms with van der Waals surface area (Å²) >= 11 is 0. The van der Waals surface area contributed by atoms with E-state index in [4.69, 9.17) is 15.2 Å². The van der Waals surface area contributed by atoms with Crippen LogP contribution in [-0.2, 0) is 6.61 Å². The number of ether oxygens (including phenoxy) is 2. The van der Waals surface area contributed by atoms with Gasteiger partial charge in [-0.3, -0.25) is 4.98 Å². The van der Waals surface area contributed by atoms with Gasteiger partial charge in [0.05, 0.1) is 18.5 Å². The molecule has 0 unspecified atom stereocenters. The number of aryl methyl sites for hydroxylation is 1. The number of rotatable bonds is 4. The van der Waals surface area contributed by atoms with Crippen molar-refractivity contribution in [2.45, 2.75) is 13.5 Å². The minimum Gasteiger partial charge on any atom is -0.495 e. The van der Waals surface area contributed by atoms with Crippen LogP contribution < -0.4 is 15.2 Å². The maximum atomic E-state index is 5.81. The van der Waals surface area contributed by atoms with Crippen LogP contribution in [0.2, 0.25) is 0 Å². The van der Waals surface area contributed by atoms with Crippen molar-refractivity contribution in [3.63, 3.8) is 0 Å². The number of nitrogens with zero attached hydrogens (tertiary/aromatic N) is 1. The summed E-state index contributed by atoms with van der Waals surface area (Å²) in [5.74, 6) is 1.36. The highest BCUT2D eigenvalue weighted by Crippen LogP contribution is 2.26. The third-order valence-electron chi connectivity index (χ3n) is 2.69. The van der Waals surface area contributed by atoms with Crippen molar-refractivity contribution >= 4 is 5.69 Å². The molecule has 18 heavy (non-hydrogen) atoms. The number of anilines is 1. The number of nitrogen functional groups attached to an aromatic ring is 1. The SMILES string of the molecule is COc1ccc(OCc2ncccc2C)cc1N. The van der Waals surface area contributed by atoms with E-state index in [1.165, 1.54) is 0 Å². The molecule has 0 amide bonds. The number of methoxy groups -OCH3 is 1. The summed E-state index contributed by atoms with van der Waals surface area (Å²) in [6, 6.07) is 9.28. The number of nitrogens with two attached hydrogens (primary N) is 1. The van der Waals surface area contributed by atoms with E-state index in [1.54, 1.807) is 25.4 Å². The molecule has 2 aromatic rings. The molecule has 2 rings (SSSR count). The number of hydrogen-bond acceptors (Lipinski definition) is 4. The number of aromatic nitrogens is 1. The molecule has 0 saturated carbocycles. The summed E-state index contributed by atoms with van der Waals surface area (Å²) < 4.78 is 10.7. The first-order chi connectivity index (χ1) is 8.70. The van der Waals surface area contributed by atoms with Gasteiger partial charge >= 0.3 is 0 Å². The fourth-order valence-corrected chi connectivity index (χ4v) is 1.62. The average molecular weight is 244 g/mol. The highest BCUT2D eigenvalue weighted by Gasteiger charge is 2.03. The van der Waals surface area contributed by atoms with Crippen LogP contribution in [0.25, 0.3) is 0 Å². The molecule has 0 fully saturated rings. The number of pyridine rings is 1. The van der Waals surface area contributed by atoms with E-state index in [0.29, 0.717) is 23.8 Å². The highest BCUT2D eigenvalue weighted by molar-refractivity contribution is 5.56. The first-order valence-electron chi connectivity index (χ1n) is 5.67. The summed E-state index contributed by atoms with van der Waals surface area (Å²) in [4.78, 5) is 4.27. The third kappa shape index (κ3) is 2.71. The van der Waals surface area contributed by atoms with Crippen molar-refractivity contribution in [2.75, 3.05) is 12.8 Å². The Hall–Kier alpha value is -2.23. The zero-order valence-electron chi connectivity index (χ0n) is 10.5. The monoisotopic (exact) mass is 244 g/mol. The fraction of sp³-hybridized carbons (Fsp3) is 0.214. The lowest BCUT2D eigenvalue weighted by Gasteiger charge is -2.10. The minimum atomic E-state index is 0.429. The van der Waals surface area contributed by atoms with Gasteiger partial charge in [0.15, 0.2) is 0 Å². The minimum absolute atomic E-state index is 0.429. The van der Waals surface area contributed by atoms with Crippen molar-refractivity contribution < 1.29 is 9.47 Å². The van der Waals surface area contributed by atoms with Gasteiger partial charge in [0.25, 0.3) is 0 Å². The Bertz CT molecular complexity index is 541. The number of hydrogen-bond donors (Lipinski definition) is 1. The first-order valence-corrected chi connectivity index (χ1v) is 5.67. The van der Waals surface area contributed by atoms with Crippen molar-refractivity contribution in [3.05, 3.63) is 47.8 Å². The van der Waals surface area contributed by atoms with Crippen LogP contribution in [0, 0.1) is 6.92 Å². The van der Waals surface area contributed by atoms with Gasteiger partial charge in [-0.15, -0.1) is 0 Å². The molecule has 0 aliphatic carbocycles. The Morgan fingerprint density at radius 3 is 2.78 bits per heavy atom. The largest absolute Gasteiger partial charge is 0.495 e. The van der Waals surface area contributed by atoms with Crippen molar-refractivity contribution in [3.8, 4) is 11.5 Å². The molecule has 1 heterocycles. The number of benzene rings is 1. The predicted octanol–water partition coefficient (Wildman–Crippen LogP) is 2.56. The molecule has 0 spiro atoms. The molecule has 0 aliphatic heterocycles. The van der Waals surface area contributed by atoms with Crippen LogP contribution in [-0.4, -0.2) is 12.1 Å². The van der Waals surface area contributed by atoms with E-state index < -0.39 is 0 Å². The lowest BCUT2D eigenvalue weighted by atomic mass is 10.2. The molecular weight excluding hydrogens is 228 g/mol. The molecule has 1 aromatic carbocycles. The molecule has 2 N–H and O–H groups in total. The van der Waals surface area contributed by atoms with E-state index in [0.717, 1.165) is 11.3 Å². The van der Waals surface area contributed by atoms with E-state index in [2.05, 4.69) is 4.98 Å². The Morgan fingerprint density at radius 2 is 2.11 bits per heavy atom. The molecule has 0 atom stereocenters. The lowest BCUT2D eigenvalue weighted by Crippen LogP contribution is -2.01. The second kappa shape index (κ2) is 5.40. The maximum absolute atomic E-state index is 5.81. The lowest BCUT2D eigenvalue weighted by molar-refractivity contribution is 0.300. The molecule has 0 radical (unpaired) electrons. The van der Waals surface area contributed by atoms with Crippen molar-refractivity contribution in [1.82, 2.24) is 4.98 Å². The van der Waals surface area contributed by atoms with E-state index in [1.807, 2.05) is 25.1 Å². The molecular formula is C14H16N2O2. The second-order valence-electron chi connectivity index (χ2n) is 3.96. The van der Waals surface area contributed by atoms with Crippen LogP contribution in [0.15, 0.2) is 36.5 Å². The highest BCUT2D eigenvalue weighted by atomic mass is 16.5. The molecule has 0 bridgehead atoms. The van der Waals surface area contributed by atoms with Crippen LogP contribution in [0.1, 0.15) is 11.3 Å². The van der Waals surface area contributed by atoms with Gasteiger partial charge in [-0.05, 0) is 30.7 Å². The zero-order chi connectivity index (χ0) is 13.0. The average Bonchev–Trinajstić information content (AvgIpc) is 2.38. The maximum Gasteiger partial charge on any atom is 0.142 e. The topological polar surface area (TPSA) is 57.4 Å². The predicted molar refractivity (Wildman–Crippen MR) is 70.7 cm³/mol. The van der Waals surface area contributed by atoms with Crippen LogP contribution in [0.3, 0.4) is 0 Å². The molecule has 4 nitrogen and oxygen atoms in total. The standard InChI is InChI=1S/C14H16N2O2/c1-10-4-3-7-16-13(10)9-18-11-5-6-14(17-2)12(15)8-11/h3-8H,9,15H2,1-2H3. The van der Waals surface area contributed by atoms with Gasteiger partial charge in [-0.1, -0.05) is 6.07 Å². The summed E-state index contributed by atoms with van der Waals surface area (Å²) in [7, 11) is 1.59. The quantitative estimate of drug-likeness (QED) is 0.840. The normalized spacial score (nSPS) is 10.1. The van der Waals surface area contributed by atoms with Gasteiger partial charge in [0, 0.05) is 12.3 Å². The molecule has 0 aliphatic rings. The van der Waals surface area contributed by atoms with Gasteiger partial charge < -0.3 is 15.2 Å². The molecule has 1 aromatic heterocycles. The Kier molecular flexibility index (Phi) is 3.67. The van der Waals surface area contributed by atoms with Gasteiger partial charge in [-0.2, -0.15) is 0 Å². The zero-order valence-corrected chi connectivity index (χ0v) is 10.5. The van der Waals surface area contributed by atoms with E-state index >= 15 is 0 Å². The van der Waals surface area contributed by atoms with Gasteiger partial charge in [-0.25, -0.2) is 0 Å². The molecule has 4 heteroatoms. The van der Waals surface area contributed by atoms with Crippen LogP contribution >= 0.6 is 0 Å².